The minimum Gasteiger partial charge on any atom is -0.375 e. The van der Waals surface area contributed by atoms with E-state index in [0.717, 1.165) is 26.1 Å². The zero-order chi connectivity index (χ0) is 16.5. The van der Waals surface area contributed by atoms with Crippen LogP contribution in [-0.4, -0.2) is 60.0 Å². The Morgan fingerprint density at radius 2 is 1.71 bits per heavy atom. The minimum absolute atomic E-state index is 0.145. The molecule has 2 heterocycles. The maximum atomic E-state index is 12.4. The second kappa shape index (κ2) is 6.65. The number of imide groups is 1. The number of hydrogen-bond acceptors (Lipinski definition) is 4. The number of ether oxygens (including phenoxy) is 1. The summed E-state index contributed by atoms with van der Waals surface area (Å²) in [6.07, 6.45) is 6.13. The lowest BCUT2D eigenvalue weighted by atomic mass is 9.90. The maximum absolute atomic E-state index is 12.4. The van der Waals surface area contributed by atoms with E-state index in [2.05, 4.69) is 4.90 Å². The largest absolute Gasteiger partial charge is 0.375 e. The van der Waals surface area contributed by atoms with Crippen molar-refractivity contribution in [2.45, 2.75) is 44.2 Å². The minimum atomic E-state index is -0.145. The predicted octanol–water partition coefficient (Wildman–Crippen LogP) is 2.32. The molecule has 2 amide bonds. The van der Waals surface area contributed by atoms with E-state index in [0.29, 0.717) is 29.8 Å². The van der Waals surface area contributed by atoms with Crippen molar-refractivity contribution in [3.8, 4) is 0 Å². The first-order valence-corrected chi connectivity index (χ1v) is 9.06. The average molecular weight is 328 g/mol. The monoisotopic (exact) mass is 328 g/mol. The molecule has 2 atom stereocenters. The molecule has 0 N–H and O–H groups in total. The van der Waals surface area contributed by atoms with Crippen LogP contribution in [0.1, 0.15) is 52.8 Å². The quantitative estimate of drug-likeness (QED) is 0.796. The third-order valence-electron chi connectivity index (χ3n) is 5.55. The number of carbonyl (C=O) groups excluding carboxylic acids is 2. The molecule has 2 aliphatic heterocycles. The van der Waals surface area contributed by atoms with Crippen LogP contribution < -0.4 is 0 Å². The Hall–Kier alpha value is -1.72. The number of fused-ring (bicyclic) bond motifs is 2. The van der Waals surface area contributed by atoms with E-state index in [9.17, 15) is 9.59 Å². The van der Waals surface area contributed by atoms with E-state index in [4.69, 9.17) is 4.74 Å². The van der Waals surface area contributed by atoms with Gasteiger partial charge in [0.05, 0.1) is 23.8 Å². The van der Waals surface area contributed by atoms with Crippen LogP contribution in [-0.2, 0) is 4.74 Å². The Bertz CT molecular complexity index is 608. The molecule has 0 bridgehead atoms. The van der Waals surface area contributed by atoms with Gasteiger partial charge in [-0.1, -0.05) is 25.0 Å². The normalized spacial score (nSPS) is 27.2. The van der Waals surface area contributed by atoms with Crippen LogP contribution in [0.15, 0.2) is 24.3 Å². The number of hydrogen-bond donors (Lipinski definition) is 0. The topological polar surface area (TPSA) is 49.9 Å². The van der Waals surface area contributed by atoms with Crippen molar-refractivity contribution in [3.63, 3.8) is 0 Å². The van der Waals surface area contributed by atoms with Crippen molar-refractivity contribution >= 4 is 11.8 Å². The van der Waals surface area contributed by atoms with Gasteiger partial charge in [0.1, 0.15) is 0 Å². The van der Waals surface area contributed by atoms with Gasteiger partial charge < -0.3 is 4.74 Å². The summed E-state index contributed by atoms with van der Waals surface area (Å²) in [5, 5.41) is 0. The van der Waals surface area contributed by atoms with E-state index < -0.39 is 0 Å². The smallest absolute Gasteiger partial charge is 0.261 e. The predicted molar refractivity (Wildman–Crippen MR) is 90.0 cm³/mol. The Balaban J connectivity index is 1.35. The van der Waals surface area contributed by atoms with Crippen LogP contribution in [0.5, 0.6) is 0 Å². The van der Waals surface area contributed by atoms with Gasteiger partial charge in [0, 0.05) is 25.7 Å². The molecule has 1 aromatic rings. The highest BCUT2D eigenvalue weighted by Crippen LogP contribution is 2.28. The van der Waals surface area contributed by atoms with E-state index in [1.165, 1.54) is 30.6 Å². The molecule has 0 spiro atoms. The van der Waals surface area contributed by atoms with Crippen LogP contribution in [0.4, 0.5) is 0 Å². The van der Waals surface area contributed by atoms with E-state index in [1.807, 2.05) is 12.1 Å². The van der Waals surface area contributed by atoms with Gasteiger partial charge in [-0.3, -0.25) is 19.4 Å². The highest BCUT2D eigenvalue weighted by atomic mass is 16.5. The van der Waals surface area contributed by atoms with Crippen LogP contribution in [0.25, 0.3) is 0 Å². The zero-order valence-corrected chi connectivity index (χ0v) is 13.9. The molecule has 5 nitrogen and oxygen atoms in total. The maximum Gasteiger partial charge on any atom is 0.261 e. The molecule has 128 valence electrons. The van der Waals surface area contributed by atoms with Gasteiger partial charge >= 0.3 is 0 Å². The Labute approximate surface area is 142 Å². The van der Waals surface area contributed by atoms with Crippen molar-refractivity contribution in [1.82, 2.24) is 9.80 Å². The number of carbonyl (C=O) groups is 2. The summed E-state index contributed by atoms with van der Waals surface area (Å²) in [6.45, 7) is 3.19. The molecule has 0 aromatic heterocycles. The van der Waals surface area contributed by atoms with Gasteiger partial charge in [-0.15, -0.1) is 0 Å². The molecule has 1 aromatic carbocycles. The SMILES string of the molecule is O=C1c2ccccc2C(=O)N1CCCN1CCOC2CCCCC21. The van der Waals surface area contributed by atoms with Crippen LogP contribution in [0, 0.1) is 0 Å². The number of rotatable bonds is 4. The molecule has 3 aliphatic rings. The summed E-state index contributed by atoms with van der Waals surface area (Å²) in [5.74, 6) is -0.291. The van der Waals surface area contributed by atoms with Crippen molar-refractivity contribution in [3.05, 3.63) is 35.4 Å². The highest BCUT2D eigenvalue weighted by molar-refractivity contribution is 6.21. The molecule has 2 fully saturated rings. The first kappa shape index (κ1) is 15.8. The summed E-state index contributed by atoms with van der Waals surface area (Å²) >= 11 is 0. The lowest BCUT2D eigenvalue weighted by molar-refractivity contribution is -0.0883. The van der Waals surface area contributed by atoms with Crippen LogP contribution >= 0.6 is 0 Å². The Morgan fingerprint density at radius 1 is 1.00 bits per heavy atom. The van der Waals surface area contributed by atoms with Crippen molar-refractivity contribution in [2.75, 3.05) is 26.2 Å². The summed E-state index contributed by atoms with van der Waals surface area (Å²) in [6, 6.07) is 7.62. The fourth-order valence-electron chi connectivity index (χ4n) is 4.33. The fourth-order valence-corrected chi connectivity index (χ4v) is 4.33. The van der Waals surface area contributed by atoms with Crippen LogP contribution in [0.3, 0.4) is 0 Å². The van der Waals surface area contributed by atoms with Crippen molar-refractivity contribution in [2.24, 2.45) is 0 Å². The number of amides is 2. The van der Waals surface area contributed by atoms with Gasteiger partial charge in [0.15, 0.2) is 0 Å². The number of morpholine rings is 1. The molecule has 1 aliphatic carbocycles. The molecule has 24 heavy (non-hydrogen) atoms. The third kappa shape index (κ3) is 2.76. The van der Waals surface area contributed by atoms with Crippen molar-refractivity contribution in [1.29, 1.82) is 0 Å². The molecule has 0 radical (unpaired) electrons. The van der Waals surface area contributed by atoms with Gasteiger partial charge in [0.2, 0.25) is 0 Å². The van der Waals surface area contributed by atoms with Gasteiger partial charge in [-0.05, 0) is 31.4 Å². The second-order valence-electron chi connectivity index (χ2n) is 6.96. The number of nitrogens with zero attached hydrogens (tertiary/aromatic N) is 2. The van der Waals surface area contributed by atoms with E-state index in [1.54, 1.807) is 12.1 Å². The first-order chi connectivity index (χ1) is 11.8. The fraction of sp³-hybridized carbons (Fsp3) is 0.579. The molecular formula is C19H24N2O3. The molecule has 5 heteroatoms. The molecule has 1 saturated heterocycles. The summed E-state index contributed by atoms with van der Waals surface area (Å²) in [5.41, 5.74) is 1.09. The lowest BCUT2D eigenvalue weighted by Gasteiger charge is -2.44. The van der Waals surface area contributed by atoms with Gasteiger partial charge in [-0.25, -0.2) is 0 Å². The first-order valence-electron chi connectivity index (χ1n) is 9.06. The molecule has 1 saturated carbocycles. The number of benzene rings is 1. The standard InChI is InChI=1S/C19H24N2O3/c22-18-14-6-1-2-7-15(14)19(23)21(18)11-5-10-20-12-13-24-17-9-4-3-8-16(17)20/h1-2,6-7,16-17H,3-5,8-13H2. The Morgan fingerprint density at radius 3 is 2.46 bits per heavy atom. The molecule has 4 rings (SSSR count). The summed E-state index contributed by atoms with van der Waals surface area (Å²) in [4.78, 5) is 28.7. The lowest BCUT2D eigenvalue weighted by Crippen LogP contribution is -2.53. The highest BCUT2D eigenvalue weighted by Gasteiger charge is 2.36. The molecule has 2 unspecified atom stereocenters. The van der Waals surface area contributed by atoms with Gasteiger partial charge in [0.25, 0.3) is 11.8 Å². The van der Waals surface area contributed by atoms with Crippen LogP contribution in [0.2, 0.25) is 0 Å². The molecular weight excluding hydrogens is 304 g/mol. The van der Waals surface area contributed by atoms with E-state index in [-0.39, 0.29) is 11.8 Å². The summed E-state index contributed by atoms with van der Waals surface area (Å²) in [7, 11) is 0. The Kier molecular flexibility index (Phi) is 4.37. The van der Waals surface area contributed by atoms with E-state index >= 15 is 0 Å². The zero-order valence-electron chi connectivity index (χ0n) is 13.9. The second-order valence-corrected chi connectivity index (χ2v) is 6.96. The van der Waals surface area contributed by atoms with Gasteiger partial charge in [-0.2, -0.15) is 0 Å². The average Bonchev–Trinajstić information content (AvgIpc) is 2.87. The summed E-state index contributed by atoms with van der Waals surface area (Å²) < 4.78 is 5.91. The van der Waals surface area contributed by atoms with Crippen molar-refractivity contribution < 1.29 is 14.3 Å². The third-order valence-corrected chi connectivity index (χ3v) is 5.55.